The van der Waals surface area contributed by atoms with E-state index in [2.05, 4.69) is 12.5 Å². The summed E-state index contributed by atoms with van der Waals surface area (Å²) >= 11 is 3.82. The van der Waals surface area contributed by atoms with Crippen LogP contribution in [0.1, 0.15) is 25.7 Å². The molecule has 0 spiro atoms. The van der Waals surface area contributed by atoms with E-state index >= 15 is 0 Å². The van der Waals surface area contributed by atoms with Crippen molar-refractivity contribution in [3.8, 4) is 0 Å². The van der Waals surface area contributed by atoms with E-state index < -0.39 is 0 Å². The number of hydrogen-bond acceptors (Lipinski definition) is 2. The zero-order chi connectivity index (χ0) is 7.40. The molecule has 0 N–H and O–H groups in total. The molecular formula is C8H14S2. The molecule has 1 aliphatic rings. The minimum absolute atomic E-state index is 1.36. The van der Waals surface area contributed by atoms with Crippen LogP contribution in [0.2, 0.25) is 0 Å². The van der Waals surface area contributed by atoms with Gasteiger partial charge in [-0.25, -0.2) is 0 Å². The average molecular weight is 174 g/mol. The Morgan fingerprint density at radius 3 is 2.00 bits per heavy atom. The third-order valence-electron chi connectivity index (χ3n) is 1.87. The van der Waals surface area contributed by atoms with E-state index in [1.165, 1.54) is 25.7 Å². The third kappa shape index (κ3) is 1.96. The van der Waals surface area contributed by atoms with Crippen molar-refractivity contribution in [1.82, 2.24) is 0 Å². The highest BCUT2D eigenvalue weighted by Gasteiger charge is 2.10. The Morgan fingerprint density at radius 1 is 1.10 bits per heavy atom. The number of allylic oxidation sites excluding steroid dienone is 1. The van der Waals surface area contributed by atoms with Crippen molar-refractivity contribution in [1.29, 1.82) is 0 Å². The molecule has 1 fully saturated rings. The molecule has 0 aliphatic heterocycles. The summed E-state index contributed by atoms with van der Waals surface area (Å²) < 4.78 is 1.57. The summed E-state index contributed by atoms with van der Waals surface area (Å²) in [7, 11) is 0. The van der Waals surface area contributed by atoms with Crippen LogP contribution in [0.5, 0.6) is 0 Å². The fraction of sp³-hybridized carbons (Fsp3) is 0.750. The Labute approximate surface area is 71.8 Å². The highest BCUT2D eigenvalue weighted by atomic mass is 32.2. The molecule has 1 saturated carbocycles. The molecule has 0 bridgehead atoms. The molecule has 0 aromatic rings. The Balaban J connectivity index is 2.59. The van der Waals surface area contributed by atoms with E-state index in [4.69, 9.17) is 0 Å². The normalized spacial score (nSPS) is 18.0. The van der Waals surface area contributed by atoms with Crippen LogP contribution in [-0.2, 0) is 0 Å². The largest absolute Gasteiger partial charge is 0.123 e. The number of hydrogen-bond donors (Lipinski definition) is 0. The zero-order valence-corrected chi connectivity index (χ0v) is 8.28. The van der Waals surface area contributed by atoms with Crippen LogP contribution in [0.25, 0.3) is 0 Å². The number of thioether (sulfide) groups is 2. The van der Waals surface area contributed by atoms with Crippen LogP contribution in [0.3, 0.4) is 0 Å². The monoisotopic (exact) mass is 174 g/mol. The average Bonchev–Trinajstić information content (AvgIpc) is 2.43. The van der Waals surface area contributed by atoms with Crippen molar-refractivity contribution in [2.45, 2.75) is 25.7 Å². The molecule has 58 valence electrons. The zero-order valence-electron chi connectivity index (χ0n) is 6.64. The van der Waals surface area contributed by atoms with Gasteiger partial charge in [-0.15, -0.1) is 23.5 Å². The van der Waals surface area contributed by atoms with Gasteiger partial charge >= 0.3 is 0 Å². The number of rotatable bonds is 2. The highest BCUT2D eigenvalue weighted by Crippen LogP contribution is 2.36. The molecular weight excluding hydrogens is 160 g/mol. The van der Waals surface area contributed by atoms with Crippen LogP contribution in [0, 0.1) is 0 Å². The Bertz CT molecular complexity index is 124. The summed E-state index contributed by atoms with van der Waals surface area (Å²) in [5.41, 5.74) is 1.71. The SMILES string of the molecule is CSC(SC)=C1CCCC1. The lowest BCUT2D eigenvalue weighted by Gasteiger charge is -2.03. The maximum atomic E-state index is 2.18. The van der Waals surface area contributed by atoms with Crippen molar-refractivity contribution in [2.24, 2.45) is 0 Å². The molecule has 0 heterocycles. The molecule has 2 heteroatoms. The summed E-state index contributed by atoms with van der Waals surface area (Å²) in [5, 5.41) is 0. The third-order valence-corrected chi connectivity index (χ3v) is 4.19. The van der Waals surface area contributed by atoms with Crippen LogP contribution in [0.15, 0.2) is 9.81 Å². The van der Waals surface area contributed by atoms with E-state index in [0.29, 0.717) is 0 Å². The second kappa shape index (κ2) is 4.35. The van der Waals surface area contributed by atoms with E-state index in [1.807, 2.05) is 23.5 Å². The van der Waals surface area contributed by atoms with E-state index in [0.717, 1.165) is 0 Å². The van der Waals surface area contributed by atoms with Gasteiger partial charge in [-0.1, -0.05) is 5.57 Å². The van der Waals surface area contributed by atoms with Crippen LogP contribution < -0.4 is 0 Å². The topological polar surface area (TPSA) is 0 Å². The maximum absolute atomic E-state index is 2.18. The van der Waals surface area contributed by atoms with Gasteiger partial charge < -0.3 is 0 Å². The summed E-state index contributed by atoms with van der Waals surface area (Å²) in [6.45, 7) is 0. The van der Waals surface area contributed by atoms with E-state index in [1.54, 1.807) is 9.81 Å². The van der Waals surface area contributed by atoms with Crippen molar-refractivity contribution in [3.05, 3.63) is 9.81 Å². The lowest BCUT2D eigenvalue weighted by atomic mass is 10.3. The van der Waals surface area contributed by atoms with Gasteiger partial charge in [0.2, 0.25) is 0 Å². The van der Waals surface area contributed by atoms with Crippen molar-refractivity contribution < 1.29 is 0 Å². The predicted molar refractivity (Wildman–Crippen MR) is 52.5 cm³/mol. The molecule has 10 heavy (non-hydrogen) atoms. The van der Waals surface area contributed by atoms with Crippen molar-refractivity contribution in [3.63, 3.8) is 0 Å². The first-order chi connectivity index (χ1) is 4.88. The first-order valence-corrected chi connectivity index (χ1v) is 6.13. The smallest absolute Gasteiger partial charge is 0.0387 e. The molecule has 0 nitrogen and oxygen atoms in total. The summed E-state index contributed by atoms with van der Waals surface area (Å²) in [5.74, 6) is 0. The molecule has 0 aromatic heterocycles. The fourth-order valence-corrected chi connectivity index (χ4v) is 3.03. The molecule has 0 aromatic carbocycles. The molecule has 1 rings (SSSR count). The van der Waals surface area contributed by atoms with Gasteiger partial charge in [0.05, 0.1) is 0 Å². The first-order valence-electron chi connectivity index (χ1n) is 3.68. The van der Waals surface area contributed by atoms with Crippen molar-refractivity contribution in [2.75, 3.05) is 12.5 Å². The second-order valence-corrected chi connectivity index (χ2v) is 4.40. The van der Waals surface area contributed by atoms with Gasteiger partial charge in [-0.2, -0.15) is 0 Å². The molecule has 0 amide bonds. The Morgan fingerprint density at radius 2 is 1.60 bits per heavy atom. The van der Waals surface area contributed by atoms with Crippen LogP contribution in [-0.4, -0.2) is 12.5 Å². The summed E-state index contributed by atoms with van der Waals surface area (Å²) in [6, 6.07) is 0. The molecule has 0 saturated heterocycles. The first kappa shape index (κ1) is 8.54. The maximum Gasteiger partial charge on any atom is 0.0387 e. The minimum Gasteiger partial charge on any atom is -0.123 e. The van der Waals surface area contributed by atoms with Crippen molar-refractivity contribution >= 4 is 23.5 Å². The van der Waals surface area contributed by atoms with E-state index in [-0.39, 0.29) is 0 Å². The predicted octanol–water partition coefficient (Wildman–Crippen LogP) is 3.50. The molecule has 0 unspecified atom stereocenters. The quantitative estimate of drug-likeness (QED) is 0.628. The fourth-order valence-electron chi connectivity index (χ4n) is 1.38. The minimum atomic E-state index is 1.36. The summed E-state index contributed by atoms with van der Waals surface area (Å²) in [6.07, 6.45) is 9.90. The van der Waals surface area contributed by atoms with E-state index in [9.17, 15) is 0 Å². The highest BCUT2D eigenvalue weighted by molar-refractivity contribution is 8.21. The van der Waals surface area contributed by atoms with Crippen LogP contribution >= 0.6 is 23.5 Å². The molecule has 0 radical (unpaired) electrons. The Kier molecular flexibility index (Phi) is 3.71. The van der Waals surface area contributed by atoms with Gasteiger partial charge in [0, 0.05) is 4.24 Å². The molecule has 0 atom stereocenters. The summed E-state index contributed by atoms with van der Waals surface area (Å²) in [4.78, 5) is 0. The second-order valence-electron chi connectivity index (χ2n) is 2.51. The van der Waals surface area contributed by atoms with Gasteiger partial charge in [0.25, 0.3) is 0 Å². The lowest BCUT2D eigenvalue weighted by molar-refractivity contribution is 0.886. The molecule has 1 aliphatic carbocycles. The lowest BCUT2D eigenvalue weighted by Crippen LogP contribution is -1.76. The van der Waals surface area contributed by atoms with Crippen LogP contribution in [0.4, 0.5) is 0 Å². The van der Waals surface area contributed by atoms with Gasteiger partial charge in [-0.3, -0.25) is 0 Å². The Hall–Kier alpha value is 0.440. The van der Waals surface area contributed by atoms with Gasteiger partial charge in [0.1, 0.15) is 0 Å². The van der Waals surface area contributed by atoms with Gasteiger partial charge in [0.15, 0.2) is 0 Å². The van der Waals surface area contributed by atoms with Gasteiger partial charge in [-0.05, 0) is 38.2 Å². The standard InChI is InChI=1S/C8H14S2/c1-9-8(10-2)7-5-3-4-6-7/h3-6H2,1-2H3.